The van der Waals surface area contributed by atoms with Crippen molar-refractivity contribution in [2.24, 2.45) is 0 Å². The number of halogens is 1. The number of hydrogen-bond acceptors (Lipinski definition) is 4. The predicted octanol–water partition coefficient (Wildman–Crippen LogP) is 4.57. The summed E-state index contributed by atoms with van der Waals surface area (Å²) in [6.45, 7) is 16.3. The number of carbonyl (C=O) groups excluding carboxylic acids is 1. The van der Waals surface area contributed by atoms with E-state index in [9.17, 15) is 9.18 Å². The van der Waals surface area contributed by atoms with Gasteiger partial charge in [0.1, 0.15) is 11.6 Å². The molecular weight excluding hydrogens is 431 g/mol. The van der Waals surface area contributed by atoms with E-state index in [0.717, 1.165) is 69.1 Å². The first-order valence-corrected chi connectivity index (χ1v) is 12.8. The highest BCUT2D eigenvalue weighted by molar-refractivity contribution is 5.75. The monoisotopic (exact) mass is 472 g/mol. The lowest BCUT2D eigenvalue weighted by Crippen LogP contribution is -2.48. The second-order valence-electron chi connectivity index (χ2n) is 9.17. The van der Waals surface area contributed by atoms with Gasteiger partial charge >= 0.3 is 6.03 Å². The molecule has 1 atom stereocenters. The molecule has 34 heavy (non-hydrogen) atoms. The number of nitrogens with one attached hydrogen (secondary N) is 1. The number of urea groups is 1. The molecule has 1 aliphatic heterocycles. The van der Waals surface area contributed by atoms with Crippen LogP contribution in [0.5, 0.6) is 0 Å². The first kappa shape index (κ1) is 26.0. The third-order valence-corrected chi connectivity index (χ3v) is 6.85. The molecule has 1 aliphatic rings. The molecule has 0 bridgehead atoms. The number of benzene rings is 1. The highest BCUT2D eigenvalue weighted by Crippen LogP contribution is 2.30. The number of nitrogens with zero attached hydrogens (tertiary/aromatic N) is 5. The molecule has 1 saturated heterocycles. The van der Waals surface area contributed by atoms with Crippen molar-refractivity contribution in [3.05, 3.63) is 41.3 Å². The highest BCUT2D eigenvalue weighted by Gasteiger charge is 2.29. The molecule has 0 saturated carbocycles. The zero-order chi connectivity index (χ0) is 24.7. The number of aromatic nitrogens is 2. The Labute approximate surface area is 203 Å². The summed E-state index contributed by atoms with van der Waals surface area (Å²) in [5, 5.41) is 7.93. The largest absolute Gasteiger partial charge is 0.354 e. The van der Waals surface area contributed by atoms with Gasteiger partial charge in [0.25, 0.3) is 0 Å². The number of amides is 2. The van der Waals surface area contributed by atoms with Crippen molar-refractivity contribution in [2.45, 2.75) is 66.5 Å². The van der Waals surface area contributed by atoms with Gasteiger partial charge in [-0.25, -0.2) is 13.9 Å². The van der Waals surface area contributed by atoms with Crippen molar-refractivity contribution in [1.29, 1.82) is 0 Å². The fourth-order valence-corrected chi connectivity index (χ4v) is 4.41. The van der Waals surface area contributed by atoms with Gasteiger partial charge < -0.3 is 20.0 Å². The van der Waals surface area contributed by atoms with E-state index >= 15 is 0 Å². The number of unbranched alkanes of at least 4 members (excludes halogenated alkanes) is 1. The number of likely N-dealkylation sites (N-methyl/N-ethyl adjacent to an activating group) is 1. The van der Waals surface area contributed by atoms with Crippen LogP contribution in [0.25, 0.3) is 5.69 Å². The van der Waals surface area contributed by atoms with Crippen LogP contribution in [0.15, 0.2) is 24.3 Å². The van der Waals surface area contributed by atoms with E-state index in [4.69, 9.17) is 5.10 Å². The lowest BCUT2D eigenvalue weighted by atomic mass is 10.1. The van der Waals surface area contributed by atoms with Gasteiger partial charge in [-0.3, -0.25) is 0 Å². The third-order valence-electron chi connectivity index (χ3n) is 6.85. The fraction of sp³-hybridized carbons (Fsp3) is 0.615. The van der Waals surface area contributed by atoms with E-state index in [1.807, 2.05) is 22.6 Å². The van der Waals surface area contributed by atoms with Crippen LogP contribution in [-0.2, 0) is 6.54 Å². The molecule has 0 unspecified atom stereocenters. The summed E-state index contributed by atoms with van der Waals surface area (Å²) < 4.78 is 16.0. The number of piperazine rings is 1. The maximum Gasteiger partial charge on any atom is 0.317 e. The normalized spacial score (nSPS) is 15.4. The summed E-state index contributed by atoms with van der Waals surface area (Å²) in [7, 11) is 0. The summed E-state index contributed by atoms with van der Waals surface area (Å²) in [6, 6.07) is 6.62. The molecule has 1 N–H and O–H groups in total. The second-order valence-corrected chi connectivity index (χ2v) is 9.17. The Morgan fingerprint density at radius 3 is 2.56 bits per heavy atom. The van der Waals surface area contributed by atoms with E-state index in [0.29, 0.717) is 18.8 Å². The lowest BCUT2D eigenvalue weighted by Gasteiger charge is -2.37. The Morgan fingerprint density at radius 1 is 1.21 bits per heavy atom. The molecule has 2 heterocycles. The Hall–Kier alpha value is -2.61. The summed E-state index contributed by atoms with van der Waals surface area (Å²) in [6.07, 6.45) is 2.86. The molecule has 0 radical (unpaired) electrons. The Morgan fingerprint density at radius 2 is 1.94 bits per heavy atom. The van der Waals surface area contributed by atoms with Crippen LogP contribution in [0.2, 0.25) is 0 Å². The molecule has 7 nitrogen and oxygen atoms in total. The Bertz CT molecular complexity index is 937. The summed E-state index contributed by atoms with van der Waals surface area (Å²) in [4.78, 5) is 19.8. The van der Waals surface area contributed by atoms with Crippen LogP contribution in [0.1, 0.15) is 58.2 Å². The van der Waals surface area contributed by atoms with Gasteiger partial charge in [0.2, 0.25) is 0 Å². The van der Waals surface area contributed by atoms with Crippen molar-refractivity contribution in [2.75, 3.05) is 44.2 Å². The first-order chi connectivity index (χ1) is 16.4. The van der Waals surface area contributed by atoms with E-state index in [-0.39, 0.29) is 17.9 Å². The number of carbonyl (C=O) groups is 1. The molecule has 3 rings (SSSR count). The zero-order valence-corrected chi connectivity index (χ0v) is 21.5. The third kappa shape index (κ3) is 6.09. The minimum absolute atomic E-state index is 0.0394. The standard InChI is InChI=1S/C26H41FN6O/c1-6-9-13-28-26(34)32(20(4)7-2)19-24-21(5)29-33(23-12-10-11-22(27)18-23)25(24)31-16-14-30(8-3)15-17-31/h10-12,18,20H,6-9,13-17,19H2,1-5H3,(H,28,34)/t20-/m0/s1. The molecule has 1 fully saturated rings. The summed E-state index contributed by atoms with van der Waals surface area (Å²) in [5.74, 6) is 0.680. The quantitative estimate of drug-likeness (QED) is 0.515. The van der Waals surface area contributed by atoms with E-state index in [1.54, 1.807) is 6.07 Å². The van der Waals surface area contributed by atoms with Crippen molar-refractivity contribution in [3.8, 4) is 5.69 Å². The first-order valence-electron chi connectivity index (χ1n) is 12.8. The van der Waals surface area contributed by atoms with Gasteiger partial charge in [-0.2, -0.15) is 5.10 Å². The van der Waals surface area contributed by atoms with Crippen LogP contribution >= 0.6 is 0 Å². The second kappa shape index (κ2) is 12.2. The van der Waals surface area contributed by atoms with Crippen LogP contribution in [0.4, 0.5) is 15.0 Å². The van der Waals surface area contributed by atoms with Gasteiger partial charge in [0, 0.05) is 44.3 Å². The molecule has 0 spiro atoms. The van der Waals surface area contributed by atoms with Crippen LogP contribution in [0.3, 0.4) is 0 Å². The minimum Gasteiger partial charge on any atom is -0.354 e. The fourth-order valence-electron chi connectivity index (χ4n) is 4.41. The van der Waals surface area contributed by atoms with E-state index in [1.165, 1.54) is 12.1 Å². The number of aryl methyl sites for hydroxylation is 1. The smallest absolute Gasteiger partial charge is 0.317 e. The molecule has 0 aliphatic carbocycles. The molecular formula is C26H41FN6O. The maximum atomic E-state index is 14.1. The number of rotatable bonds is 10. The van der Waals surface area contributed by atoms with Crippen molar-refractivity contribution in [3.63, 3.8) is 0 Å². The van der Waals surface area contributed by atoms with Gasteiger partial charge in [-0.1, -0.05) is 33.3 Å². The van der Waals surface area contributed by atoms with Gasteiger partial charge in [-0.05, 0) is 51.4 Å². The zero-order valence-electron chi connectivity index (χ0n) is 21.5. The minimum atomic E-state index is -0.287. The average Bonchev–Trinajstić information content (AvgIpc) is 3.17. The van der Waals surface area contributed by atoms with Gasteiger partial charge in [0.05, 0.1) is 17.9 Å². The van der Waals surface area contributed by atoms with Crippen molar-refractivity contribution in [1.82, 2.24) is 24.9 Å². The molecule has 1 aromatic heterocycles. The maximum absolute atomic E-state index is 14.1. The molecule has 2 amide bonds. The van der Waals surface area contributed by atoms with Crippen LogP contribution < -0.4 is 10.2 Å². The molecule has 8 heteroatoms. The molecule has 2 aromatic rings. The van der Waals surface area contributed by atoms with E-state index in [2.05, 4.69) is 42.8 Å². The van der Waals surface area contributed by atoms with Gasteiger partial charge in [-0.15, -0.1) is 0 Å². The number of anilines is 1. The van der Waals surface area contributed by atoms with E-state index < -0.39 is 0 Å². The summed E-state index contributed by atoms with van der Waals surface area (Å²) in [5.41, 5.74) is 2.59. The molecule has 1 aromatic carbocycles. The highest BCUT2D eigenvalue weighted by atomic mass is 19.1. The topological polar surface area (TPSA) is 56.6 Å². The lowest BCUT2D eigenvalue weighted by molar-refractivity contribution is 0.173. The Kier molecular flexibility index (Phi) is 9.33. The van der Waals surface area contributed by atoms with Crippen molar-refractivity contribution >= 4 is 11.8 Å². The van der Waals surface area contributed by atoms with Gasteiger partial charge in [0.15, 0.2) is 0 Å². The van der Waals surface area contributed by atoms with Crippen molar-refractivity contribution < 1.29 is 9.18 Å². The Balaban J connectivity index is 2.00. The average molecular weight is 473 g/mol. The summed E-state index contributed by atoms with van der Waals surface area (Å²) >= 11 is 0. The predicted molar refractivity (Wildman–Crippen MR) is 136 cm³/mol. The SMILES string of the molecule is CCCCNC(=O)N(Cc1c(C)nn(-c2cccc(F)c2)c1N1CCN(CC)CC1)[C@@H](C)CC. The molecule has 188 valence electrons. The van der Waals surface area contributed by atoms with Crippen LogP contribution in [0, 0.1) is 12.7 Å². The van der Waals surface area contributed by atoms with Crippen LogP contribution in [-0.4, -0.2) is 70.9 Å². The number of hydrogen-bond donors (Lipinski definition) is 1.